The molecular weight excluding hydrogens is 355 g/mol. The van der Waals surface area contributed by atoms with Crippen molar-refractivity contribution in [2.45, 2.75) is 13.8 Å². The highest BCUT2D eigenvalue weighted by molar-refractivity contribution is 5.90. The third-order valence-corrected chi connectivity index (χ3v) is 4.30. The molecule has 6 heteroatoms. The third-order valence-electron chi connectivity index (χ3n) is 4.30. The zero-order chi connectivity index (χ0) is 20.3. The number of aromatic nitrogens is 1. The molecule has 0 fully saturated rings. The Labute approximate surface area is 164 Å². The number of guanidine groups is 1. The molecule has 0 aliphatic carbocycles. The Kier molecular flexibility index (Phi) is 5.59. The van der Waals surface area contributed by atoms with Crippen LogP contribution in [-0.2, 0) is 0 Å². The van der Waals surface area contributed by atoms with Crippen LogP contribution in [0.1, 0.15) is 25.1 Å². The molecule has 0 spiro atoms. The Morgan fingerprint density at radius 2 is 1.79 bits per heavy atom. The number of nitrogens with one attached hydrogen (secondary N) is 2. The number of halogens is 1. The Hall–Kier alpha value is -3.41. The molecule has 2 N–H and O–H groups in total. The Balaban J connectivity index is 1.94. The van der Waals surface area contributed by atoms with Gasteiger partial charge in [0.25, 0.3) is 0 Å². The molecule has 3 rings (SSSR count). The van der Waals surface area contributed by atoms with Crippen molar-refractivity contribution in [3.8, 4) is 11.1 Å². The van der Waals surface area contributed by atoms with Crippen molar-refractivity contribution < 1.29 is 8.91 Å². The van der Waals surface area contributed by atoms with Crippen molar-refractivity contribution in [1.29, 1.82) is 5.41 Å². The van der Waals surface area contributed by atoms with Gasteiger partial charge in [-0.05, 0) is 31.0 Å². The van der Waals surface area contributed by atoms with Crippen molar-refractivity contribution in [2.75, 3.05) is 19.4 Å². The van der Waals surface area contributed by atoms with Gasteiger partial charge in [0.1, 0.15) is 11.5 Å². The van der Waals surface area contributed by atoms with E-state index >= 15 is 0 Å². The number of anilines is 1. The fraction of sp³-hybridized carbons (Fsp3) is 0.182. The van der Waals surface area contributed by atoms with E-state index in [1.807, 2.05) is 50.2 Å². The van der Waals surface area contributed by atoms with Crippen LogP contribution in [-0.4, -0.2) is 30.1 Å². The topological polar surface area (TPSA) is 65.2 Å². The van der Waals surface area contributed by atoms with E-state index < -0.39 is 0 Å². The lowest BCUT2D eigenvalue weighted by molar-refractivity contribution is 0.432. The molecule has 0 aliphatic heterocycles. The summed E-state index contributed by atoms with van der Waals surface area (Å²) in [4.78, 5) is 1.61. The van der Waals surface area contributed by atoms with Crippen molar-refractivity contribution in [3.63, 3.8) is 0 Å². The van der Waals surface area contributed by atoms with E-state index in [1.165, 1.54) is 6.07 Å². The molecule has 144 valence electrons. The largest absolute Gasteiger partial charge is 0.349 e. The first kappa shape index (κ1) is 19.4. The number of nitrogens with zero attached hydrogens (tertiary/aromatic N) is 2. The monoisotopic (exact) mass is 378 g/mol. The van der Waals surface area contributed by atoms with Gasteiger partial charge in [-0.2, -0.15) is 0 Å². The molecule has 3 aromatic rings. The van der Waals surface area contributed by atoms with E-state index in [-0.39, 0.29) is 11.8 Å². The molecule has 28 heavy (non-hydrogen) atoms. The Bertz CT molecular complexity index is 1020. The van der Waals surface area contributed by atoms with Crippen LogP contribution in [0.3, 0.4) is 0 Å². The quantitative estimate of drug-likeness (QED) is 0.482. The first-order valence-electron chi connectivity index (χ1n) is 8.89. The normalized spacial score (nSPS) is 10.5. The number of benzene rings is 2. The van der Waals surface area contributed by atoms with Gasteiger partial charge in [0.05, 0.1) is 0 Å². The number of hydrogen-bond donors (Lipinski definition) is 2. The molecule has 0 bridgehead atoms. The lowest BCUT2D eigenvalue weighted by Gasteiger charge is -2.12. The first-order chi connectivity index (χ1) is 13.4. The van der Waals surface area contributed by atoms with Gasteiger partial charge < -0.3 is 9.42 Å². The second-order valence-electron chi connectivity index (χ2n) is 6.88. The summed E-state index contributed by atoms with van der Waals surface area (Å²) < 4.78 is 20.1. The zero-order valence-corrected chi connectivity index (χ0v) is 16.4. The highest BCUT2D eigenvalue weighted by Crippen LogP contribution is 2.31. The summed E-state index contributed by atoms with van der Waals surface area (Å²) in [5.74, 6) is 0.243. The number of rotatable bonds is 4. The van der Waals surface area contributed by atoms with Gasteiger partial charge in [0.15, 0.2) is 5.96 Å². The van der Waals surface area contributed by atoms with Crippen LogP contribution in [0.25, 0.3) is 16.7 Å². The zero-order valence-electron chi connectivity index (χ0n) is 16.4. The summed E-state index contributed by atoms with van der Waals surface area (Å²) in [7, 11) is 3.51. The number of allylic oxidation sites excluding steroid dienone is 1. The van der Waals surface area contributed by atoms with Gasteiger partial charge in [0.2, 0.25) is 5.88 Å². The molecule has 0 amide bonds. The van der Waals surface area contributed by atoms with Crippen LogP contribution in [0.4, 0.5) is 10.3 Å². The molecule has 1 heterocycles. The molecule has 1 aromatic heterocycles. The maximum atomic E-state index is 14.8. The van der Waals surface area contributed by atoms with E-state index in [4.69, 9.17) is 9.93 Å². The predicted molar refractivity (Wildman–Crippen MR) is 111 cm³/mol. The van der Waals surface area contributed by atoms with Gasteiger partial charge in [-0.25, -0.2) is 4.39 Å². The van der Waals surface area contributed by atoms with Crippen LogP contribution in [0, 0.1) is 11.2 Å². The van der Waals surface area contributed by atoms with Crippen LogP contribution in [0.5, 0.6) is 0 Å². The minimum absolute atomic E-state index is 0.180. The molecule has 2 aromatic carbocycles. The summed E-state index contributed by atoms with van der Waals surface area (Å²) in [6.45, 7) is 3.89. The van der Waals surface area contributed by atoms with Crippen LogP contribution >= 0.6 is 0 Å². The van der Waals surface area contributed by atoms with Crippen molar-refractivity contribution in [2.24, 2.45) is 0 Å². The molecule has 0 unspecified atom stereocenters. The van der Waals surface area contributed by atoms with E-state index in [0.717, 1.165) is 22.3 Å². The van der Waals surface area contributed by atoms with Crippen molar-refractivity contribution in [3.05, 3.63) is 77.2 Å². The van der Waals surface area contributed by atoms with Gasteiger partial charge >= 0.3 is 0 Å². The van der Waals surface area contributed by atoms with Crippen LogP contribution in [0.2, 0.25) is 0 Å². The van der Waals surface area contributed by atoms with E-state index in [2.05, 4.69) is 10.5 Å². The SMILES string of the molecule is CC(C)=C(c1ccc(-c2ccccc2)c(F)c1)c1cc(NC(=N)N(C)C)on1. The minimum atomic E-state index is -0.293. The van der Waals surface area contributed by atoms with E-state index in [1.54, 1.807) is 31.1 Å². The summed E-state index contributed by atoms with van der Waals surface area (Å²) in [6, 6.07) is 16.4. The van der Waals surface area contributed by atoms with Crippen molar-refractivity contribution in [1.82, 2.24) is 10.1 Å². The van der Waals surface area contributed by atoms with E-state index in [0.29, 0.717) is 17.1 Å². The lowest BCUT2D eigenvalue weighted by atomic mass is 9.95. The summed E-state index contributed by atoms with van der Waals surface area (Å²) in [5, 5.41) is 14.8. The number of hydrogen-bond acceptors (Lipinski definition) is 3. The highest BCUT2D eigenvalue weighted by atomic mass is 19.1. The predicted octanol–water partition coefficient (Wildman–Crippen LogP) is 5.23. The molecule has 0 saturated carbocycles. The summed E-state index contributed by atoms with van der Waals surface area (Å²) in [5.41, 5.74) is 4.47. The van der Waals surface area contributed by atoms with E-state index in [9.17, 15) is 4.39 Å². The Morgan fingerprint density at radius 1 is 1.07 bits per heavy atom. The minimum Gasteiger partial charge on any atom is -0.349 e. The van der Waals surface area contributed by atoms with Crippen LogP contribution < -0.4 is 5.32 Å². The van der Waals surface area contributed by atoms with Crippen molar-refractivity contribution >= 4 is 17.4 Å². The average molecular weight is 378 g/mol. The fourth-order valence-electron chi connectivity index (χ4n) is 2.90. The standard InChI is InChI=1S/C22H23FN4O/c1-14(2)21(19-13-20(28-26-19)25-22(24)27(3)4)16-10-11-17(18(23)12-16)15-8-6-5-7-9-15/h5-13H,1-4H3,(H2,24,25). The van der Waals surface area contributed by atoms with Gasteiger partial charge in [-0.3, -0.25) is 10.7 Å². The third kappa shape index (κ3) is 4.11. The Morgan fingerprint density at radius 3 is 2.39 bits per heavy atom. The van der Waals surface area contributed by atoms with Crippen LogP contribution in [0.15, 0.2) is 64.7 Å². The summed E-state index contributed by atoms with van der Waals surface area (Å²) in [6.07, 6.45) is 0. The molecule has 0 atom stereocenters. The molecule has 5 nitrogen and oxygen atoms in total. The maximum Gasteiger partial charge on any atom is 0.231 e. The molecule has 0 radical (unpaired) electrons. The second-order valence-corrected chi connectivity index (χ2v) is 6.88. The summed E-state index contributed by atoms with van der Waals surface area (Å²) >= 11 is 0. The molecular formula is C22H23FN4O. The van der Waals surface area contributed by atoms with Gasteiger partial charge in [-0.15, -0.1) is 0 Å². The van der Waals surface area contributed by atoms with Gasteiger partial charge in [0, 0.05) is 31.3 Å². The molecule has 0 aliphatic rings. The molecule has 0 saturated heterocycles. The fourth-order valence-corrected chi connectivity index (χ4v) is 2.90. The second kappa shape index (κ2) is 8.08. The maximum absolute atomic E-state index is 14.8. The smallest absolute Gasteiger partial charge is 0.231 e. The highest BCUT2D eigenvalue weighted by Gasteiger charge is 2.16. The van der Waals surface area contributed by atoms with Gasteiger partial charge in [-0.1, -0.05) is 53.2 Å². The lowest BCUT2D eigenvalue weighted by Crippen LogP contribution is -2.27. The first-order valence-corrected chi connectivity index (χ1v) is 8.89. The average Bonchev–Trinajstić information content (AvgIpc) is 3.10.